The first-order chi connectivity index (χ1) is 9.18. The molecule has 1 aromatic carbocycles. The van der Waals surface area contributed by atoms with E-state index >= 15 is 0 Å². The molecule has 0 atom stereocenters. The molecule has 1 aromatic heterocycles. The third-order valence-electron chi connectivity index (χ3n) is 4.33. The van der Waals surface area contributed by atoms with Gasteiger partial charge in [-0.05, 0) is 38.5 Å². The Kier molecular flexibility index (Phi) is 3.87. The Balaban J connectivity index is 2.73. The molecule has 0 saturated heterocycles. The van der Waals surface area contributed by atoms with Crippen molar-refractivity contribution in [2.24, 2.45) is 5.73 Å². The van der Waals surface area contributed by atoms with Crippen LogP contribution < -0.4 is 5.73 Å². The van der Waals surface area contributed by atoms with E-state index in [1.165, 1.54) is 0 Å². The van der Waals surface area contributed by atoms with Crippen molar-refractivity contribution in [3.8, 4) is 0 Å². The zero-order valence-corrected chi connectivity index (χ0v) is 13.8. The quantitative estimate of drug-likeness (QED) is 0.922. The zero-order chi connectivity index (χ0) is 15.1. The molecule has 4 heteroatoms. The molecule has 20 heavy (non-hydrogen) atoms. The number of nitrogens with two attached hydrogens (primary N) is 1. The number of hydrogen-bond donors (Lipinski definition) is 1. The highest BCUT2D eigenvalue weighted by Gasteiger charge is 2.39. The van der Waals surface area contributed by atoms with Gasteiger partial charge in [0.15, 0.2) is 0 Å². The summed E-state index contributed by atoms with van der Waals surface area (Å²) in [4.78, 5) is 4.83. The van der Waals surface area contributed by atoms with Gasteiger partial charge >= 0.3 is 0 Å². The van der Waals surface area contributed by atoms with E-state index in [1.54, 1.807) is 0 Å². The number of aromatic nitrogens is 2. The third-order valence-corrected chi connectivity index (χ3v) is 4.56. The van der Waals surface area contributed by atoms with Gasteiger partial charge in [0.1, 0.15) is 5.82 Å². The van der Waals surface area contributed by atoms with Gasteiger partial charge in [0.05, 0.1) is 11.0 Å². The molecule has 110 valence electrons. The second-order valence-electron chi connectivity index (χ2n) is 6.57. The van der Waals surface area contributed by atoms with Crippen LogP contribution in [0.15, 0.2) is 18.2 Å². The van der Waals surface area contributed by atoms with Gasteiger partial charge in [0.25, 0.3) is 0 Å². The SMILES string of the molecule is CCCn1c(C(C)(C)C(C)(C)N)nc2ccc(Cl)cc21. The van der Waals surface area contributed by atoms with Crippen LogP contribution in [0, 0.1) is 0 Å². The minimum Gasteiger partial charge on any atom is -0.327 e. The summed E-state index contributed by atoms with van der Waals surface area (Å²) in [6.45, 7) is 11.5. The second kappa shape index (κ2) is 5.05. The first-order valence-electron chi connectivity index (χ1n) is 7.13. The van der Waals surface area contributed by atoms with Crippen LogP contribution in [-0.2, 0) is 12.0 Å². The van der Waals surface area contributed by atoms with E-state index in [9.17, 15) is 0 Å². The summed E-state index contributed by atoms with van der Waals surface area (Å²) in [7, 11) is 0. The molecule has 2 aromatic rings. The number of rotatable bonds is 4. The van der Waals surface area contributed by atoms with Gasteiger partial charge in [-0.1, -0.05) is 32.4 Å². The molecule has 2 rings (SSSR count). The van der Waals surface area contributed by atoms with E-state index in [0.717, 1.165) is 34.8 Å². The van der Waals surface area contributed by atoms with Crippen LogP contribution in [0.5, 0.6) is 0 Å². The maximum atomic E-state index is 6.38. The first-order valence-corrected chi connectivity index (χ1v) is 7.51. The molecule has 2 N–H and O–H groups in total. The van der Waals surface area contributed by atoms with Crippen molar-refractivity contribution in [3.63, 3.8) is 0 Å². The number of hydrogen-bond acceptors (Lipinski definition) is 2. The van der Waals surface area contributed by atoms with E-state index < -0.39 is 0 Å². The Morgan fingerprint density at radius 2 is 1.90 bits per heavy atom. The molecular formula is C16H24ClN3. The van der Waals surface area contributed by atoms with Gasteiger partial charge in [-0.3, -0.25) is 0 Å². The summed E-state index contributed by atoms with van der Waals surface area (Å²) in [5.41, 5.74) is 7.87. The van der Waals surface area contributed by atoms with Gasteiger partial charge in [-0.15, -0.1) is 0 Å². The molecule has 0 aliphatic heterocycles. The lowest BCUT2D eigenvalue weighted by molar-refractivity contribution is 0.282. The average Bonchev–Trinajstić information content (AvgIpc) is 2.67. The van der Waals surface area contributed by atoms with Crippen molar-refractivity contribution in [1.29, 1.82) is 0 Å². The Morgan fingerprint density at radius 3 is 2.45 bits per heavy atom. The number of imidazole rings is 1. The Hall–Kier alpha value is -1.06. The molecule has 0 saturated carbocycles. The summed E-state index contributed by atoms with van der Waals surface area (Å²) in [5, 5.41) is 0.742. The maximum absolute atomic E-state index is 6.38. The standard InChI is InChI=1S/C16H24ClN3/c1-6-9-20-13-10-11(17)7-8-12(13)19-14(20)15(2,3)16(4,5)18/h7-8,10H,6,9,18H2,1-5H3. The van der Waals surface area contributed by atoms with Crippen molar-refractivity contribution < 1.29 is 0 Å². The summed E-state index contributed by atoms with van der Waals surface area (Å²) < 4.78 is 2.26. The summed E-state index contributed by atoms with van der Waals surface area (Å²) in [6, 6.07) is 5.85. The minimum atomic E-state index is -0.357. The van der Waals surface area contributed by atoms with Crippen LogP contribution in [0.4, 0.5) is 0 Å². The molecule has 1 heterocycles. The van der Waals surface area contributed by atoms with Gasteiger partial charge in [-0.2, -0.15) is 0 Å². The largest absolute Gasteiger partial charge is 0.327 e. The van der Waals surface area contributed by atoms with Gasteiger partial charge < -0.3 is 10.3 Å². The predicted octanol–water partition coefficient (Wildman–Crippen LogP) is 4.11. The summed E-state index contributed by atoms with van der Waals surface area (Å²) >= 11 is 6.14. The lowest BCUT2D eigenvalue weighted by atomic mass is 9.74. The van der Waals surface area contributed by atoms with Crippen molar-refractivity contribution in [1.82, 2.24) is 9.55 Å². The molecular weight excluding hydrogens is 270 g/mol. The fourth-order valence-electron chi connectivity index (χ4n) is 2.31. The van der Waals surface area contributed by atoms with Gasteiger partial charge in [0.2, 0.25) is 0 Å². The fourth-order valence-corrected chi connectivity index (χ4v) is 2.48. The van der Waals surface area contributed by atoms with E-state index in [1.807, 2.05) is 18.2 Å². The fraction of sp³-hybridized carbons (Fsp3) is 0.562. The Bertz CT molecular complexity index is 620. The Labute approximate surface area is 126 Å². The number of halogens is 1. The molecule has 0 radical (unpaired) electrons. The van der Waals surface area contributed by atoms with Crippen molar-refractivity contribution >= 4 is 22.6 Å². The highest BCUT2D eigenvalue weighted by Crippen LogP contribution is 2.35. The normalized spacial score (nSPS) is 13.2. The van der Waals surface area contributed by atoms with Crippen LogP contribution in [0.3, 0.4) is 0 Å². The molecule has 3 nitrogen and oxygen atoms in total. The van der Waals surface area contributed by atoms with Gasteiger partial charge in [-0.25, -0.2) is 4.98 Å². The maximum Gasteiger partial charge on any atom is 0.117 e. The molecule has 0 aliphatic carbocycles. The van der Waals surface area contributed by atoms with Crippen LogP contribution in [0.1, 0.15) is 46.9 Å². The molecule has 0 bridgehead atoms. The van der Waals surface area contributed by atoms with Crippen molar-refractivity contribution in [2.45, 2.75) is 58.5 Å². The first kappa shape index (κ1) is 15.3. The number of nitrogens with zero attached hydrogens (tertiary/aromatic N) is 2. The van der Waals surface area contributed by atoms with Crippen molar-refractivity contribution in [3.05, 3.63) is 29.0 Å². The van der Waals surface area contributed by atoms with Crippen LogP contribution in [-0.4, -0.2) is 15.1 Å². The van der Waals surface area contributed by atoms with Crippen molar-refractivity contribution in [2.75, 3.05) is 0 Å². The predicted molar refractivity (Wildman–Crippen MR) is 86.3 cm³/mol. The van der Waals surface area contributed by atoms with Gasteiger partial charge in [0, 0.05) is 22.5 Å². The smallest absolute Gasteiger partial charge is 0.117 e. The van der Waals surface area contributed by atoms with E-state index in [2.05, 4.69) is 39.2 Å². The molecule has 0 aliphatic rings. The van der Waals surface area contributed by atoms with E-state index in [0.29, 0.717) is 0 Å². The highest BCUT2D eigenvalue weighted by molar-refractivity contribution is 6.31. The topological polar surface area (TPSA) is 43.8 Å². The molecule has 0 fully saturated rings. The highest BCUT2D eigenvalue weighted by atomic mass is 35.5. The molecule has 0 unspecified atom stereocenters. The number of aryl methyl sites for hydroxylation is 1. The zero-order valence-electron chi connectivity index (χ0n) is 13.0. The number of benzene rings is 1. The summed E-state index contributed by atoms with van der Waals surface area (Å²) in [6.07, 6.45) is 1.05. The van der Waals surface area contributed by atoms with Crippen LogP contribution >= 0.6 is 11.6 Å². The third kappa shape index (κ3) is 2.45. The van der Waals surface area contributed by atoms with E-state index in [-0.39, 0.29) is 11.0 Å². The summed E-state index contributed by atoms with van der Waals surface area (Å²) in [5.74, 6) is 1.03. The van der Waals surface area contributed by atoms with E-state index in [4.69, 9.17) is 22.3 Å². The van der Waals surface area contributed by atoms with Crippen LogP contribution in [0.25, 0.3) is 11.0 Å². The lowest BCUT2D eigenvalue weighted by Gasteiger charge is -2.38. The lowest BCUT2D eigenvalue weighted by Crippen LogP contribution is -2.51. The average molecular weight is 294 g/mol. The molecule has 0 spiro atoms. The number of fused-ring (bicyclic) bond motifs is 1. The van der Waals surface area contributed by atoms with Crippen LogP contribution in [0.2, 0.25) is 5.02 Å². The monoisotopic (exact) mass is 293 g/mol. The minimum absolute atomic E-state index is 0.229. The second-order valence-corrected chi connectivity index (χ2v) is 7.00. The molecule has 0 amide bonds. The Morgan fingerprint density at radius 1 is 1.25 bits per heavy atom.